The molecule has 2 amide bonds. The Bertz CT molecular complexity index is 3730. The van der Waals surface area contributed by atoms with E-state index in [1.165, 1.54) is 0 Å². The van der Waals surface area contributed by atoms with E-state index in [1.807, 2.05) is 0 Å². The molecule has 1 unspecified atom stereocenters. The van der Waals surface area contributed by atoms with Crippen LogP contribution in [0.3, 0.4) is 0 Å². The Morgan fingerprint density at radius 2 is 0.396 bits per heavy atom. The van der Waals surface area contributed by atoms with Crippen molar-refractivity contribution in [2.75, 3.05) is 79.3 Å². The Morgan fingerprint density at radius 3 is 0.755 bits per heavy atom. The molecule has 12 aliphatic heterocycles. The van der Waals surface area contributed by atoms with Gasteiger partial charge in [-0.2, -0.15) is 0 Å². The summed E-state index contributed by atoms with van der Waals surface area (Å²) in [5, 5.41) is 408. The second kappa shape index (κ2) is 49.8. The predicted octanol–water partition coefficient (Wildman–Crippen LogP) is -26.9. The van der Waals surface area contributed by atoms with Gasteiger partial charge >= 0.3 is 0 Å². The molecular weight excluding hydrogens is 1920 g/mol. The molecule has 12 rings (SSSR count). The van der Waals surface area contributed by atoms with Crippen LogP contribution < -0.4 is 10.6 Å². The number of ether oxygens (including phenoxy) is 23. The highest BCUT2D eigenvalue weighted by atomic mass is 16.8. The monoisotopic (exact) mass is 2040 g/mol. The Morgan fingerprint density at radius 1 is 0.187 bits per heavy atom. The average molecular weight is 2050 g/mol. The van der Waals surface area contributed by atoms with Crippen molar-refractivity contribution in [3.63, 3.8) is 0 Å². The SMILES string of the molecule is CC(=O)N[C@H]1[C@H](O[C@H]2[C@H](O)[C@@H](NC(C)=O)C(O)O[C@@H]2CO)O[C@H](CO)[C@@H](O[C@@H]2O[C@H](CO[C@H]3O[C@H](CO)[C@@H](O)[C@H](O)[C@@H]3O)[C@@H](O)[C@H](O[C@H]3O[C@H](CO[C@H]4O[C@H](CO)[C@@H](O)[C@H](O)[C@@H]4O[C@H]4O[C@H](CO)[C@@H](O)[C@H](O)[C@@H]4O)[C@@H](O)[C@H](O)[C@@H]3O[C@H]3O[C@H](CO)[C@@H](O)[C@H](O)[C@@H]3O[C@H]3O[C@H](CO)[C@@H](O)[C@H](O[C@H]4O[C@H](CO)[C@@H](O)[C@H](O[C@H]5O[C@H](CO)[C@@H](O)[C@H](O)[C@H]5O[C@H]5O[C@H](CO)[C@@H](O)[C@H](O)[C@H]5O)[C@H]4O)[C@@H]3O)[C@@H]2O)[C@@H]1O. The summed E-state index contributed by atoms with van der Waals surface area (Å²) in [4.78, 5) is 25.3. The summed E-state index contributed by atoms with van der Waals surface area (Å²) in [7, 11) is 0. The summed E-state index contributed by atoms with van der Waals surface area (Å²) >= 11 is 0. The molecule has 0 radical (unpaired) electrons. The predicted molar refractivity (Wildman–Crippen MR) is 418 cm³/mol. The van der Waals surface area contributed by atoms with E-state index in [0.717, 1.165) is 13.8 Å². The van der Waals surface area contributed by atoms with E-state index in [2.05, 4.69) is 10.6 Å². The number of hydrogen-bond donors (Lipinski definition) is 38. The van der Waals surface area contributed by atoms with Crippen LogP contribution in [0.5, 0.6) is 0 Å². The lowest BCUT2D eigenvalue weighted by molar-refractivity contribution is -0.414. The lowest BCUT2D eigenvalue weighted by Gasteiger charge is -2.51. The van der Waals surface area contributed by atoms with Crippen LogP contribution in [-0.2, 0) is 119 Å². The fourth-order valence-electron chi connectivity index (χ4n) is 17.9. The highest BCUT2D eigenvalue weighted by molar-refractivity contribution is 5.73. The molecule has 12 saturated heterocycles. The first-order valence-corrected chi connectivity index (χ1v) is 44.2. The van der Waals surface area contributed by atoms with Gasteiger partial charge in [0.15, 0.2) is 75.5 Å². The molecule has 0 aliphatic carbocycles. The molecule has 139 heavy (non-hydrogen) atoms. The molecule has 0 aromatic carbocycles. The van der Waals surface area contributed by atoms with Crippen molar-refractivity contribution in [2.24, 2.45) is 0 Å². The van der Waals surface area contributed by atoms with Crippen molar-refractivity contribution < 1.29 is 302 Å². The van der Waals surface area contributed by atoms with Crippen LogP contribution in [0.25, 0.3) is 0 Å². The molecule has 60 atom stereocenters. The lowest BCUT2D eigenvalue weighted by Crippen LogP contribution is -2.70. The van der Waals surface area contributed by atoms with Crippen molar-refractivity contribution in [2.45, 2.75) is 382 Å². The number of amides is 2. The maximum atomic E-state index is 13.1. The molecule has 63 heteroatoms. The van der Waals surface area contributed by atoms with E-state index in [-0.39, 0.29) is 0 Å². The van der Waals surface area contributed by atoms with Gasteiger partial charge in [-0.25, -0.2) is 0 Å². The van der Waals surface area contributed by atoms with Gasteiger partial charge in [-0.15, -0.1) is 0 Å². The van der Waals surface area contributed by atoms with Gasteiger partial charge in [0.2, 0.25) is 11.8 Å². The highest BCUT2D eigenvalue weighted by Gasteiger charge is 2.64. The highest BCUT2D eigenvalue weighted by Crippen LogP contribution is 2.43. The third-order valence-electron chi connectivity index (χ3n) is 25.9. The van der Waals surface area contributed by atoms with Gasteiger partial charge in [-0.05, 0) is 0 Å². The number of carbonyl (C=O) groups is 2. The minimum atomic E-state index is -2.76. The first-order valence-electron chi connectivity index (χ1n) is 44.2. The first kappa shape index (κ1) is 114. The van der Waals surface area contributed by atoms with E-state index < -0.39 is 459 Å². The van der Waals surface area contributed by atoms with Crippen molar-refractivity contribution in [1.82, 2.24) is 10.6 Å². The van der Waals surface area contributed by atoms with Crippen LogP contribution in [0, 0.1) is 0 Å². The summed E-state index contributed by atoms with van der Waals surface area (Å²) in [6.07, 6.45) is -130. The summed E-state index contributed by atoms with van der Waals surface area (Å²) in [6, 6.07) is -3.70. The molecule has 12 heterocycles. The number of aliphatic hydroxyl groups is 36. The zero-order chi connectivity index (χ0) is 102. The van der Waals surface area contributed by atoms with Crippen molar-refractivity contribution in [3.05, 3.63) is 0 Å². The van der Waals surface area contributed by atoms with Crippen LogP contribution in [0.4, 0.5) is 0 Å². The molecule has 63 nitrogen and oxygen atoms in total. The number of rotatable bonds is 36. The quantitative estimate of drug-likeness (QED) is 0.0277. The van der Waals surface area contributed by atoms with Crippen LogP contribution in [0.1, 0.15) is 13.8 Å². The van der Waals surface area contributed by atoms with Crippen molar-refractivity contribution in [3.8, 4) is 0 Å². The van der Waals surface area contributed by atoms with E-state index in [4.69, 9.17) is 109 Å². The standard InChI is InChI=1S/C76H128N2O61/c1-15(89)77-29-41(101)56(25(11-87)119-65(29)116)131-66-30(78-16(2)90)42(102)57(26(12-88)128-66)132-72-55(115)60(40(100)28(129-72)14-117-67-50(110)43(103)31(91)17(3-79)120-67)135-76-64(49(109)37(97)27(130-76)13-118-73-61(46(106)34(94)20(6-82)125-73)136-68-51(111)44(104)32(92)18(4-80)121-68)139-75-63(48(108)36(96)22(8-84)127-75)138-71-53(113)58(38(98)23(9-85)124-71)133-70-54(114)59(39(99)24(10-86)123-70)134-74-62(47(107)35(95)21(7-83)126-74)137-69-52(112)45(105)33(93)19(5-81)122-69/h17-76,79-88,91-116H,3-14H2,1-2H3,(H,77,89)(H,78,90)/t17-,18-,19-,20-,21-,22-,23-,24-,25-,26-,27-,28-,29-,30-,31-,32-,33-,34-,35-,36-,37-,38-,39-,40-,41-,42-,43+,44+,45+,46+,47+,48+,49+,50+,51+,52-,53+,54-,55+,56-,57-,58+,59+,60+,61+,62-,63+,64+,65?,66+,67+,68-,69-,70-,71-,72+,73+,74-,75-,76-/m1/s1. The number of nitrogens with one attached hydrogen (secondary N) is 2. The van der Waals surface area contributed by atoms with E-state index in [0.29, 0.717) is 0 Å². The summed E-state index contributed by atoms with van der Waals surface area (Å²) < 4.78 is 135. The zero-order valence-electron chi connectivity index (χ0n) is 73.4. The smallest absolute Gasteiger partial charge is 0.217 e. The number of aliphatic hydroxyl groups excluding tert-OH is 36. The molecule has 0 bridgehead atoms. The fourth-order valence-corrected chi connectivity index (χ4v) is 17.9. The lowest BCUT2D eigenvalue weighted by atomic mass is 9.94. The van der Waals surface area contributed by atoms with Crippen molar-refractivity contribution >= 4 is 11.8 Å². The fraction of sp³-hybridized carbons (Fsp3) is 0.974. The van der Waals surface area contributed by atoms with Gasteiger partial charge in [0.05, 0.1) is 79.3 Å². The zero-order valence-corrected chi connectivity index (χ0v) is 73.4. The van der Waals surface area contributed by atoms with Gasteiger partial charge in [0.1, 0.15) is 293 Å². The minimum Gasteiger partial charge on any atom is -0.394 e. The molecule has 38 N–H and O–H groups in total. The summed E-state index contributed by atoms with van der Waals surface area (Å²) in [5.74, 6) is -1.82. The second-order valence-electron chi connectivity index (χ2n) is 35.2. The molecule has 0 spiro atoms. The minimum absolute atomic E-state index is 0.825. The van der Waals surface area contributed by atoms with Gasteiger partial charge in [-0.1, -0.05) is 0 Å². The number of carbonyl (C=O) groups excluding carboxylic acids is 2. The van der Waals surface area contributed by atoms with Gasteiger partial charge in [0.25, 0.3) is 0 Å². The van der Waals surface area contributed by atoms with E-state index in [9.17, 15) is 193 Å². The first-order chi connectivity index (χ1) is 65.9. The van der Waals surface area contributed by atoms with Crippen LogP contribution in [0.2, 0.25) is 0 Å². The van der Waals surface area contributed by atoms with Gasteiger partial charge in [0, 0.05) is 13.8 Å². The number of hydrogen-bond acceptors (Lipinski definition) is 61. The van der Waals surface area contributed by atoms with Crippen LogP contribution in [-0.4, -0.2) is 643 Å². The Labute approximate surface area is 784 Å². The summed E-state index contributed by atoms with van der Waals surface area (Å²) in [6.45, 7) is -12.2. The maximum Gasteiger partial charge on any atom is 0.217 e. The molecule has 12 fully saturated rings. The average Bonchev–Trinajstić information content (AvgIpc) is 0.761. The second-order valence-corrected chi connectivity index (χ2v) is 35.2. The summed E-state index contributed by atoms with van der Waals surface area (Å²) in [5.41, 5.74) is 0. The largest absolute Gasteiger partial charge is 0.394 e. The Balaban J connectivity index is 0.879. The van der Waals surface area contributed by atoms with Crippen LogP contribution >= 0.6 is 0 Å². The third kappa shape index (κ3) is 24.5. The third-order valence-corrected chi connectivity index (χ3v) is 25.9. The van der Waals surface area contributed by atoms with E-state index >= 15 is 0 Å². The normalized spacial score (nSPS) is 51.9. The van der Waals surface area contributed by atoms with Gasteiger partial charge in [-0.3, -0.25) is 9.59 Å². The molecule has 12 aliphatic rings. The van der Waals surface area contributed by atoms with E-state index in [1.54, 1.807) is 0 Å². The molecular formula is C76H128N2O61. The molecule has 808 valence electrons. The van der Waals surface area contributed by atoms with Crippen LogP contribution in [0.15, 0.2) is 0 Å². The van der Waals surface area contributed by atoms with Gasteiger partial charge < -0.3 is 303 Å². The molecule has 0 aromatic heterocycles. The van der Waals surface area contributed by atoms with Crippen molar-refractivity contribution in [1.29, 1.82) is 0 Å². The molecule has 0 saturated carbocycles. The maximum absolute atomic E-state index is 13.1. The Hall–Kier alpha value is -3.42. The Kier molecular flexibility index (Phi) is 41.0. The topological polar surface area (TPSA) is 999 Å². The molecule has 0 aromatic rings.